The average Bonchev–Trinajstić information content (AvgIpc) is 2.77. The zero-order valence-corrected chi connectivity index (χ0v) is 11.9. The van der Waals surface area contributed by atoms with Crippen LogP contribution < -0.4 is 5.32 Å². The van der Waals surface area contributed by atoms with Gasteiger partial charge in [0, 0.05) is 0 Å². The van der Waals surface area contributed by atoms with Crippen LogP contribution in [0.1, 0.15) is 36.5 Å². The topological polar surface area (TPSA) is 78.8 Å². The average molecular weight is 292 g/mol. The molecule has 1 aliphatic rings. The number of carboxylic acids is 1. The minimum atomic E-state index is -0.965. The second-order valence-electron chi connectivity index (χ2n) is 4.51. The van der Waals surface area contributed by atoms with Crippen LogP contribution in [0, 0.1) is 0 Å². The first-order valence-electron chi connectivity index (χ1n) is 6.49. The van der Waals surface area contributed by atoms with Crippen molar-refractivity contribution in [1.82, 2.24) is 5.32 Å². The molecule has 106 valence electrons. The van der Waals surface area contributed by atoms with E-state index in [1.807, 2.05) is 0 Å². The maximum absolute atomic E-state index is 11.7. The van der Waals surface area contributed by atoms with Gasteiger partial charge in [0.2, 0.25) is 5.91 Å². The number of amidine groups is 1. The summed E-state index contributed by atoms with van der Waals surface area (Å²) in [6.45, 7) is 2.09. The summed E-state index contributed by atoms with van der Waals surface area (Å²) in [6.07, 6.45) is 2.93. The van der Waals surface area contributed by atoms with Gasteiger partial charge in [-0.1, -0.05) is 31.5 Å². The van der Waals surface area contributed by atoms with Crippen LogP contribution in [0.4, 0.5) is 5.69 Å². The SMILES string of the molecule is CCCCC1SC(=Nc2ccc(C(=O)O)cc2)NC1=O. The highest BCUT2D eigenvalue weighted by Gasteiger charge is 2.29. The summed E-state index contributed by atoms with van der Waals surface area (Å²) in [6, 6.07) is 6.25. The molecule has 20 heavy (non-hydrogen) atoms. The van der Waals surface area contributed by atoms with Gasteiger partial charge in [0.25, 0.3) is 0 Å². The predicted molar refractivity (Wildman–Crippen MR) is 79.5 cm³/mol. The van der Waals surface area contributed by atoms with Crippen LogP contribution in [0.3, 0.4) is 0 Å². The Bertz CT molecular complexity index is 540. The number of nitrogens with one attached hydrogen (secondary N) is 1. The minimum absolute atomic E-state index is 0.00403. The van der Waals surface area contributed by atoms with Crippen LogP contribution in [-0.4, -0.2) is 27.4 Å². The Labute approximate surface area is 121 Å². The van der Waals surface area contributed by atoms with Gasteiger partial charge in [-0.05, 0) is 30.7 Å². The van der Waals surface area contributed by atoms with Crippen molar-refractivity contribution in [2.24, 2.45) is 4.99 Å². The Morgan fingerprint density at radius 1 is 1.40 bits per heavy atom. The van der Waals surface area contributed by atoms with E-state index in [1.54, 1.807) is 12.1 Å². The van der Waals surface area contributed by atoms with Crippen LogP contribution >= 0.6 is 11.8 Å². The number of aromatic carboxylic acids is 1. The fraction of sp³-hybridized carbons (Fsp3) is 0.357. The number of carboxylic acid groups (broad SMARTS) is 1. The molecule has 0 aromatic heterocycles. The Morgan fingerprint density at radius 3 is 2.70 bits per heavy atom. The number of carbonyl (C=O) groups excluding carboxylic acids is 1. The van der Waals surface area contributed by atoms with Crippen LogP contribution in [0.25, 0.3) is 0 Å². The summed E-state index contributed by atoms with van der Waals surface area (Å²) < 4.78 is 0. The number of hydrogen-bond acceptors (Lipinski definition) is 4. The van der Waals surface area contributed by atoms with Gasteiger partial charge >= 0.3 is 5.97 Å². The number of nitrogens with zero attached hydrogens (tertiary/aromatic N) is 1. The maximum atomic E-state index is 11.7. The second-order valence-corrected chi connectivity index (χ2v) is 5.70. The first kappa shape index (κ1) is 14.6. The van der Waals surface area contributed by atoms with E-state index in [0.717, 1.165) is 19.3 Å². The van der Waals surface area contributed by atoms with Gasteiger partial charge in [-0.15, -0.1) is 0 Å². The van der Waals surface area contributed by atoms with Crippen molar-refractivity contribution in [3.8, 4) is 0 Å². The molecule has 0 aliphatic carbocycles. The zero-order chi connectivity index (χ0) is 14.5. The first-order chi connectivity index (χ1) is 9.60. The monoisotopic (exact) mass is 292 g/mol. The van der Waals surface area contributed by atoms with Crippen LogP contribution in [0.2, 0.25) is 0 Å². The normalized spacial score (nSPS) is 20.1. The molecule has 1 amide bonds. The number of unbranched alkanes of at least 4 members (excludes halogenated alkanes) is 1. The van der Waals surface area contributed by atoms with E-state index in [2.05, 4.69) is 17.2 Å². The molecule has 1 aliphatic heterocycles. The highest BCUT2D eigenvalue weighted by atomic mass is 32.2. The van der Waals surface area contributed by atoms with Crippen molar-refractivity contribution in [2.75, 3.05) is 0 Å². The number of thioether (sulfide) groups is 1. The molecule has 2 rings (SSSR count). The van der Waals surface area contributed by atoms with Gasteiger partial charge in [0.15, 0.2) is 5.17 Å². The minimum Gasteiger partial charge on any atom is -0.478 e. The number of rotatable bonds is 5. The zero-order valence-electron chi connectivity index (χ0n) is 11.1. The third-order valence-electron chi connectivity index (χ3n) is 2.94. The van der Waals surface area contributed by atoms with Crippen molar-refractivity contribution < 1.29 is 14.7 Å². The van der Waals surface area contributed by atoms with Gasteiger partial charge in [0.05, 0.1) is 16.5 Å². The fourth-order valence-corrected chi connectivity index (χ4v) is 2.87. The van der Waals surface area contributed by atoms with Crippen molar-refractivity contribution in [3.05, 3.63) is 29.8 Å². The molecule has 0 saturated carbocycles. The van der Waals surface area contributed by atoms with E-state index in [-0.39, 0.29) is 16.7 Å². The highest BCUT2D eigenvalue weighted by molar-refractivity contribution is 8.15. The standard InChI is InChI=1S/C14H16N2O3S/c1-2-3-4-11-12(17)16-14(20-11)15-10-7-5-9(6-8-10)13(18)19/h5-8,11H,2-4H2,1H3,(H,18,19)(H,15,16,17). The van der Waals surface area contributed by atoms with Crippen LogP contribution in [0.15, 0.2) is 29.3 Å². The molecule has 1 atom stereocenters. The third kappa shape index (κ3) is 3.60. The molecule has 5 nitrogen and oxygen atoms in total. The molecule has 0 bridgehead atoms. The number of hydrogen-bond donors (Lipinski definition) is 2. The number of carbonyl (C=O) groups is 2. The van der Waals surface area contributed by atoms with E-state index in [1.165, 1.54) is 23.9 Å². The summed E-state index contributed by atoms with van der Waals surface area (Å²) in [7, 11) is 0. The molecule has 1 saturated heterocycles. The molecule has 0 radical (unpaired) electrons. The predicted octanol–water partition coefficient (Wildman–Crippen LogP) is 2.79. The number of amides is 1. The van der Waals surface area contributed by atoms with Crippen molar-refractivity contribution in [1.29, 1.82) is 0 Å². The van der Waals surface area contributed by atoms with Gasteiger partial charge in [0.1, 0.15) is 0 Å². The fourth-order valence-electron chi connectivity index (χ4n) is 1.83. The quantitative estimate of drug-likeness (QED) is 0.874. The molecule has 1 fully saturated rings. The Kier molecular flexibility index (Phi) is 4.79. The summed E-state index contributed by atoms with van der Waals surface area (Å²) in [5, 5.41) is 12.1. The molecular formula is C14H16N2O3S. The third-order valence-corrected chi connectivity index (χ3v) is 4.09. The van der Waals surface area contributed by atoms with Crippen molar-refractivity contribution in [3.63, 3.8) is 0 Å². The van der Waals surface area contributed by atoms with Gasteiger partial charge in [-0.2, -0.15) is 0 Å². The van der Waals surface area contributed by atoms with Crippen molar-refractivity contribution in [2.45, 2.75) is 31.4 Å². The maximum Gasteiger partial charge on any atom is 0.335 e. The van der Waals surface area contributed by atoms with E-state index in [9.17, 15) is 9.59 Å². The molecule has 1 aromatic rings. The lowest BCUT2D eigenvalue weighted by atomic mass is 10.2. The number of aliphatic imine (C=N–C) groups is 1. The van der Waals surface area contributed by atoms with E-state index < -0.39 is 5.97 Å². The molecule has 1 unspecified atom stereocenters. The van der Waals surface area contributed by atoms with Crippen LogP contribution in [0.5, 0.6) is 0 Å². The van der Waals surface area contributed by atoms with E-state index >= 15 is 0 Å². The van der Waals surface area contributed by atoms with Crippen molar-refractivity contribution >= 4 is 34.5 Å². The lowest BCUT2D eigenvalue weighted by Gasteiger charge is -2.01. The molecule has 1 heterocycles. The molecule has 1 aromatic carbocycles. The lowest BCUT2D eigenvalue weighted by molar-refractivity contribution is -0.118. The Morgan fingerprint density at radius 2 is 2.10 bits per heavy atom. The van der Waals surface area contributed by atoms with Crippen LogP contribution in [-0.2, 0) is 4.79 Å². The molecule has 0 spiro atoms. The summed E-state index contributed by atoms with van der Waals surface area (Å²) >= 11 is 1.44. The smallest absolute Gasteiger partial charge is 0.335 e. The largest absolute Gasteiger partial charge is 0.478 e. The van der Waals surface area contributed by atoms with Gasteiger partial charge in [-0.3, -0.25) is 4.79 Å². The first-order valence-corrected chi connectivity index (χ1v) is 7.37. The van der Waals surface area contributed by atoms with Gasteiger partial charge in [-0.25, -0.2) is 9.79 Å². The Balaban J connectivity index is 2.04. The van der Waals surface area contributed by atoms with E-state index in [4.69, 9.17) is 5.11 Å². The highest BCUT2D eigenvalue weighted by Crippen LogP contribution is 2.26. The molecular weight excluding hydrogens is 276 g/mol. The molecule has 6 heteroatoms. The molecule has 2 N–H and O–H groups in total. The Hall–Kier alpha value is -1.82. The van der Waals surface area contributed by atoms with Gasteiger partial charge < -0.3 is 10.4 Å². The summed E-state index contributed by atoms with van der Waals surface area (Å²) in [5.41, 5.74) is 0.854. The lowest BCUT2D eigenvalue weighted by Crippen LogP contribution is -2.24. The van der Waals surface area contributed by atoms with E-state index in [0.29, 0.717) is 10.9 Å². The number of benzene rings is 1. The second kappa shape index (κ2) is 6.56. The summed E-state index contributed by atoms with van der Waals surface area (Å²) in [4.78, 5) is 26.8. The summed E-state index contributed by atoms with van der Waals surface area (Å²) in [5.74, 6) is -0.961.